The van der Waals surface area contributed by atoms with Crippen LogP contribution in [-0.4, -0.2) is 24.0 Å². The van der Waals surface area contributed by atoms with Gasteiger partial charge in [-0.15, -0.1) is 0 Å². The van der Waals surface area contributed by atoms with E-state index in [1.165, 1.54) is 5.56 Å². The molecule has 1 fully saturated rings. The summed E-state index contributed by atoms with van der Waals surface area (Å²) >= 11 is 3.40. The number of rotatable bonds is 3. The third kappa shape index (κ3) is 7.85. The van der Waals surface area contributed by atoms with Crippen LogP contribution in [0.4, 0.5) is 0 Å². The van der Waals surface area contributed by atoms with Crippen molar-refractivity contribution in [1.82, 2.24) is 5.32 Å². The van der Waals surface area contributed by atoms with Gasteiger partial charge in [-0.1, -0.05) is 28.1 Å². The van der Waals surface area contributed by atoms with Crippen LogP contribution in [0.5, 0.6) is 0 Å². The van der Waals surface area contributed by atoms with E-state index in [0.717, 1.165) is 17.3 Å². The van der Waals surface area contributed by atoms with Crippen LogP contribution in [0.3, 0.4) is 0 Å². The van der Waals surface area contributed by atoms with Crippen molar-refractivity contribution >= 4 is 28.3 Å². The van der Waals surface area contributed by atoms with E-state index >= 15 is 0 Å². The van der Waals surface area contributed by atoms with Crippen LogP contribution >= 0.6 is 15.9 Å². The van der Waals surface area contributed by atoms with Gasteiger partial charge >= 0.3 is 0 Å². The van der Waals surface area contributed by atoms with Crippen LogP contribution in [0.1, 0.15) is 39.2 Å². The highest BCUT2D eigenvalue weighted by Crippen LogP contribution is 2.15. The Morgan fingerprint density at radius 2 is 1.95 bits per heavy atom. The molecule has 1 aliphatic rings. The zero-order chi connectivity index (χ0) is 15.9. The van der Waals surface area contributed by atoms with Gasteiger partial charge in [-0.2, -0.15) is 0 Å². The summed E-state index contributed by atoms with van der Waals surface area (Å²) in [5, 5.41) is 2.97. The SMILES string of the molecule is CC(C)(C)OC=O.O=C1CC[C@@H](Cc2ccc(Br)cc2)N1. The first-order chi connectivity index (χ1) is 9.80. The lowest BCUT2D eigenvalue weighted by molar-refractivity contribution is -0.138. The largest absolute Gasteiger partial charge is 0.462 e. The van der Waals surface area contributed by atoms with Gasteiger partial charge in [0.05, 0.1) is 0 Å². The smallest absolute Gasteiger partial charge is 0.293 e. The lowest BCUT2D eigenvalue weighted by Gasteiger charge is -2.14. The zero-order valence-corrected chi connectivity index (χ0v) is 14.3. The van der Waals surface area contributed by atoms with E-state index in [9.17, 15) is 9.59 Å². The molecule has 0 spiro atoms. The maximum Gasteiger partial charge on any atom is 0.293 e. The van der Waals surface area contributed by atoms with E-state index in [1.54, 1.807) is 0 Å². The average Bonchev–Trinajstić information content (AvgIpc) is 2.77. The minimum absolute atomic E-state index is 0.187. The lowest BCUT2D eigenvalue weighted by Crippen LogP contribution is -2.27. The summed E-state index contributed by atoms with van der Waals surface area (Å²) in [6.07, 6.45) is 2.59. The monoisotopic (exact) mass is 355 g/mol. The number of nitrogens with one attached hydrogen (secondary N) is 1. The fraction of sp³-hybridized carbons (Fsp3) is 0.500. The van der Waals surface area contributed by atoms with Crippen molar-refractivity contribution in [3.8, 4) is 0 Å². The van der Waals surface area contributed by atoms with Crippen LogP contribution in [0.2, 0.25) is 0 Å². The molecule has 0 saturated carbocycles. The Morgan fingerprint density at radius 1 is 1.33 bits per heavy atom. The van der Waals surface area contributed by atoms with Crippen LogP contribution in [0, 0.1) is 0 Å². The first-order valence-electron chi connectivity index (χ1n) is 6.95. The Balaban J connectivity index is 0.000000270. The van der Waals surface area contributed by atoms with Gasteiger partial charge in [0.25, 0.3) is 6.47 Å². The standard InChI is InChI=1S/C11H12BrNO.C5H10O2/c12-9-3-1-8(2-4-9)7-10-5-6-11(14)13-10;1-5(2,3)7-4-6/h1-4,10H,5-7H2,(H,13,14);4H,1-3H3/t10-;/m0./s1. The average molecular weight is 356 g/mol. The second-order valence-electron chi connectivity index (χ2n) is 5.96. The van der Waals surface area contributed by atoms with E-state index in [4.69, 9.17) is 0 Å². The highest BCUT2D eigenvalue weighted by atomic mass is 79.9. The zero-order valence-electron chi connectivity index (χ0n) is 12.7. The lowest BCUT2D eigenvalue weighted by atomic mass is 10.1. The molecular weight excluding hydrogens is 334 g/mol. The normalized spacial score (nSPS) is 17.5. The second kappa shape index (κ2) is 8.17. The maximum absolute atomic E-state index is 11.0. The number of carbonyl (C=O) groups is 2. The molecule has 1 saturated heterocycles. The molecule has 21 heavy (non-hydrogen) atoms. The van der Waals surface area contributed by atoms with Crippen molar-refractivity contribution in [1.29, 1.82) is 0 Å². The predicted octanol–water partition coefficient (Wildman–Crippen LogP) is 3.23. The Kier molecular flexibility index (Phi) is 6.89. The summed E-state index contributed by atoms with van der Waals surface area (Å²) < 4.78 is 5.64. The number of amides is 1. The Morgan fingerprint density at radius 3 is 2.33 bits per heavy atom. The molecule has 1 aliphatic heterocycles. The van der Waals surface area contributed by atoms with Crippen molar-refractivity contribution in [3.63, 3.8) is 0 Å². The van der Waals surface area contributed by atoms with Crippen LogP contribution < -0.4 is 5.32 Å². The Bertz CT molecular complexity index is 465. The first kappa shape index (κ1) is 17.7. The summed E-state index contributed by atoms with van der Waals surface area (Å²) in [5.74, 6) is 0.187. The van der Waals surface area contributed by atoms with Crippen molar-refractivity contribution < 1.29 is 14.3 Å². The Hall–Kier alpha value is -1.36. The molecule has 1 amide bonds. The van der Waals surface area contributed by atoms with Crippen molar-refractivity contribution in [3.05, 3.63) is 34.3 Å². The molecule has 4 nitrogen and oxygen atoms in total. The van der Waals surface area contributed by atoms with Crippen molar-refractivity contribution in [2.24, 2.45) is 0 Å². The highest BCUT2D eigenvalue weighted by molar-refractivity contribution is 9.10. The molecule has 1 atom stereocenters. The summed E-state index contributed by atoms with van der Waals surface area (Å²) in [6.45, 7) is 5.92. The number of hydrogen-bond donors (Lipinski definition) is 1. The van der Waals surface area contributed by atoms with Gasteiger partial charge in [0, 0.05) is 16.9 Å². The quantitative estimate of drug-likeness (QED) is 0.846. The fourth-order valence-electron chi connectivity index (χ4n) is 1.88. The van der Waals surface area contributed by atoms with Gasteiger partial charge in [0.1, 0.15) is 5.60 Å². The third-order valence-corrected chi connectivity index (χ3v) is 3.41. The highest BCUT2D eigenvalue weighted by Gasteiger charge is 2.20. The second-order valence-corrected chi connectivity index (χ2v) is 6.88. The van der Waals surface area contributed by atoms with Crippen molar-refractivity contribution in [2.75, 3.05) is 0 Å². The molecule has 0 aliphatic carbocycles. The van der Waals surface area contributed by atoms with Crippen molar-refractivity contribution in [2.45, 2.75) is 51.7 Å². The molecule has 0 unspecified atom stereocenters. The number of ether oxygens (including phenoxy) is 1. The third-order valence-electron chi connectivity index (χ3n) is 2.88. The molecule has 1 N–H and O–H groups in total. The number of hydrogen-bond acceptors (Lipinski definition) is 3. The van der Waals surface area contributed by atoms with E-state index in [2.05, 4.69) is 38.1 Å². The summed E-state index contributed by atoms with van der Waals surface area (Å²) in [7, 11) is 0. The van der Waals surface area contributed by atoms with Gasteiger partial charge in [-0.05, 0) is 51.3 Å². The van der Waals surface area contributed by atoms with Crippen LogP contribution in [0.25, 0.3) is 0 Å². The minimum atomic E-state index is -0.318. The molecule has 1 aromatic rings. The first-order valence-corrected chi connectivity index (χ1v) is 7.75. The Labute approximate surface area is 134 Å². The predicted molar refractivity (Wildman–Crippen MR) is 85.9 cm³/mol. The number of benzene rings is 1. The molecule has 0 bridgehead atoms. The van der Waals surface area contributed by atoms with Gasteiger partial charge in [0.15, 0.2) is 0 Å². The van der Waals surface area contributed by atoms with Gasteiger partial charge in [0.2, 0.25) is 5.91 Å². The van der Waals surface area contributed by atoms with E-state index in [1.807, 2.05) is 32.9 Å². The van der Waals surface area contributed by atoms with Gasteiger partial charge < -0.3 is 10.1 Å². The number of carbonyl (C=O) groups excluding carboxylic acids is 2. The molecular formula is C16H22BrNO3. The van der Waals surface area contributed by atoms with Gasteiger partial charge in [-0.3, -0.25) is 9.59 Å². The minimum Gasteiger partial charge on any atom is -0.462 e. The maximum atomic E-state index is 11.0. The van der Waals surface area contributed by atoms with E-state index in [0.29, 0.717) is 18.9 Å². The van der Waals surface area contributed by atoms with Crippen LogP contribution in [0.15, 0.2) is 28.7 Å². The molecule has 5 heteroatoms. The fourth-order valence-corrected chi connectivity index (χ4v) is 2.14. The molecule has 116 valence electrons. The molecule has 1 aromatic carbocycles. The molecule has 0 radical (unpaired) electrons. The summed E-state index contributed by atoms with van der Waals surface area (Å²) in [6, 6.07) is 8.59. The molecule has 0 aromatic heterocycles. The summed E-state index contributed by atoms with van der Waals surface area (Å²) in [4.78, 5) is 20.6. The van der Waals surface area contributed by atoms with E-state index in [-0.39, 0.29) is 11.5 Å². The van der Waals surface area contributed by atoms with Crippen LogP contribution in [-0.2, 0) is 20.7 Å². The molecule has 1 heterocycles. The molecule has 2 rings (SSSR count). The summed E-state index contributed by atoms with van der Waals surface area (Å²) in [5.41, 5.74) is 0.960. The van der Waals surface area contributed by atoms with E-state index < -0.39 is 0 Å². The topological polar surface area (TPSA) is 55.4 Å². The number of halogens is 1. The van der Waals surface area contributed by atoms with Gasteiger partial charge in [-0.25, -0.2) is 0 Å².